The summed E-state index contributed by atoms with van der Waals surface area (Å²) in [6.45, 7) is 2.56. The molecule has 19 heavy (non-hydrogen) atoms. The zero-order chi connectivity index (χ0) is 13.8. The lowest BCUT2D eigenvalue weighted by molar-refractivity contribution is 0.199. The second-order valence-electron chi connectivity index (χ2n) is 5.74. The molecule has 106 valence electrons. The highest BCUT2D eigenvalue weighted by Gasteiger charge is 2.20. The highest BCUT2D eigenvalue weighted by atomic mass is 19.1. The number of hydrogen-bond acceptors (Lipinski definition) is 2. The Bertz CT molecular complexity index is 413. The van der Waals surface area contributed by atoms with E-state index >= 15 is 0 Å². The molecule has 0 aromatic heterocycles. The largest absolute Gasteiger partial charge is 0.389 e. The van der Waals surface area contributed by atoms with Crippen molar-refractivity contribution in [1.29, 1.82) is 0 Å². The molecule has 0 unspecified atom stereocenters. The minimum atomic E-state index is -0.639. The first-order valence-corrected chi connectivity index (χ1v) is 7.27. The van der Waals surface area contributed by atoms with E-state index in [0.29, 0.717) is 17.2 Å². The van der Waals surface area contributed by atoms with Crippen LogP contribution in [-0.4, -0.2) is 18.7 Å². The Kier molecular flexibility index (Phi) is 4.81. The molecule has 1 aliphatic carbocycles. The fourth-order valence-electron chi connectivity index (χ4n) is 3.12. The molecule has 1 N–H and O–H groups in total. The van der Waals surface area contributed by atoms with Gasteiger partial charge in [0, 0.05) is 19.2 Å². The zero-order valence-electron chi connectivity index (χ0n) is 11.9. The molecule has 2 nitrogen and oxygen atoms in total. The first-order chi connectivity index (χ1) is 9.09. The van der Waals surface area contributed by atoms with Crippen LogP contribution in [0.3, 0.4) is 0 Å². The minimum Gasteiger partial charge on any atom is -0.389 e. The van der Waals surface area contributed by atoms with Crippen LogP contribution in [0.2, 0.25) is 0 Å². The Labute approximate surface area is 115 Å². The molecule has 3 heteroatoms. The summed E-state index contributed by atoms with van der Waals surface area (Å²) in [6.07, 6.45) is 5.75. The quantitative estimate of drug-likeness (QED) is 0.892. The molecule has 0 aliphatic heterocycles. The van der Waals surface area contributed by atoms with E-state index in [2.05, 4.69) is 0 Å². The summed E-state index contributed by atoms with van der Waals surface area (Å²) >= 11 is 0. The maximum absolute atomic E-state index is 14.1. The summed E-state index contributed by atoms with van der Waals surface area (Å²) in [4.78, 5) is 1.98. The highest BCUT2D eigenvalue weighted by molar-refractivity contribution is 5.55. The van der Waals surface area contributed by atoms with Gasteiger partial charge < -0.3 is 10.0 Å². The van der Waals surface area contributed by atoms with E-state index in [9.17, 15) is 9.50 Å². The van der Waals surface area contributed by atoms with E-state index < -0.39 is 6.10 Å². The summed E-state index contributed by atoms with van der Waals surface area (Å²) in [7, 11) is 1.93. The first kappa shape index (κ1) is 14.3. The molecule has 1 aliphatic rings. The zero-order valence-corrected chi connectivity index (χ0v) is 11.9. The predicted molar refractivity (Wildman–Crippen MR) is 76.9 cm³/mol. The number of aliphatic hydroxyl groups is 1. The van der Waals surface area contributed by atoms with Crippen LogP contribution in [0.5, 0.6) is 0 Å². The third kappa shape index (κ3) is 3.47. The smallest absolute Gasteiger partial charge is 0.146 e. The number of anilines is 1. The molecule has 0 saturated heterocycles. The summed E-state index contributed by atoms with van der Waals surface area (Å²) in [5, 5.41) is 9.79. The van der Waals surface area contributed by atoms with E-state index in [1.807, 2.05) is 11.9 Å². The number of halogens is 1. The minimum absolute atomic E-state index is 0.239. The molecular weight excluding hydrogens is 241 g/mol. The van der Waals surface area contributed by atoms with Gasteiger partial charge in [0.25, 0.3) is 0 Å². The standard InChI is InChI=1S/C16H24FNO/c1-12(19)14-9-6-10-15(17)16(14)18(2)11-13-7-4-3-5-8-13/h6,9-10,12-13,19H,3-5,7-8,11H2,1-2H3/t12-/m1/s1. The molecule has 0 heterocycles. The molecule has 1 aromatic carbocycles. The van der Waals surface area contributed by atoms with Gasteiger partial charge in [-0.3, -0.25) is 0 Å². The van der Waals surface area contributed by atoms with Gasteiger partial charge in [-0.1, -0.05) is 31.4 Å². The molecule has 0 amide bonds. The number of hydrogen-bond donors (Lipinski definition) is 1. The predicted octanol–water partition coefficient (Wildman–Crippen LogP) is 3.90. The topological polar surface area (TPSA) is 23.5 Å². The van der Waals surface area contributed by atoms with Crippen LogP contribution < -0.4 is 4.90 Å². The van der Waals surface area contributed by atoms with Crippen LogP contribution >= 0.6 is 0 Å². The summed E-state index contributed by atoms with van der Waals surface area (Å²) < 4.78 is 14.1. The van der Waals surface area contributed by atoms with Crippen molar-refractivity contribution in [3.63, 3.8) is 0 Å². The van der Waals surface area contributed by atoms with Gasteiger partial charge in [0.2, 0.25) is 0 Å². The fourth-order valence-corrected chi connectivity index (χ4v) is 3.12. The highest BCUT2D eigenvalue weighted by Crippen LogP contribution is 2.31. The molecule has 2 rings (SSSR count). The maximum atomic E-state index is 14.1. The Morgan fingerprint density at radius 2 is 2.00 bits per heavy atom. The normalized spacial score (nSPS) is 18.3. The van der Waals surface area contributed by atoms with Crippen LogP contribution in [0.15, 0.2) is 18.2 Å². The van der Waals surface area contributed by atoms with Gasteiger partial charge in [0.05, 0.1) is 11.8 Å². The van der Waals surface area contributed by atoms with Crippen LogP contribution in [0.25, 0.3) is 0 Å². The molecule has 0 spiro atoms. The Morgan fingerprint density at radius 1 is 1.32 bits per heavy atom. The number of benzene rings is 1. The van der Waals surface area contributed by atoms with Gasteiger partial charge in [-0.2, -0.15) is 0 Å². The number of para-hydroxylation sites is 1. The van der Waals surface area contributed by atoms with E-state index in [1.54, 1.807) is 19.1 Å². The van der Waals surface area contributed by atoms with Crippen molar-refractivity contribution in [2.24, 2.45) is 5.92 Å². The molecule has 0 radical (unpaired) electrons. The summed E-state index contributed by atoms with van der Waals surface area (Å²) in [6, 6.07) is 4.94. The maximum Gasteiger partial charge on any atom is 0.146 e. The van der Waals surface area contributed by atoms with Gasteiger partial charge in [-0.15, -0.1) is 0 Å². The van der Waals surface area contributed by atoms with E-state index in [1.165, 1.54) is 38.2 Å². The Balaban J connectivity index is 2.15. The van der Waals surface area contributed by atoms with E-state index in [-0.39, 0.29) is 5.82 Å². The van der Waals surface area contributed by atoms with Gasteiger partial charge >= 0.3 is 0 Å². The molecule has 1 atom stereocenters. The van der Waals surface area contributed by atoms with Crippen molar-refractivity contribution in [1.82, 2.24) is 0 Å². The van der Waals surface area contributed by atoms with E-state index in [0.717, 1.165) is 6.54 Å². The lowest BCUT2D eigenvalue weighted by Crippen LogP contribution is -2.28. The SMILES string of the molecule is C[C@@H](O)c1cccc(F)c1N(C)CC1CCCCC1. The Morgan fingerprint density at radius 3 is 2.63 bits per heavy atom. The lowest BCUT2D eigenvalue weighted by atomic mass is 9.89. The molecular formula is C16H24FNO. The third-order valence-electron chi connectivity index (χ3n) is 4.11. The monoisotopic (exact) mass is 265 g/mol. The van der Waals surface area contributed by atoms with Crippen molar-refractivity contribution < 1.29 is 9.50 Å². The number of nitrogens with zero attached hydrogens (tertiary/aromatic N) is 1. The average Bonchev–Trinajstić information content (AvgIpc) is 2.39. The van der Waals surface area contributed by atoms with Crippen molar-refractivity contribution >= 4 is 5.69 Å². The second-order valence-corrected chi connectivity index (χ2v) is 5.74. The first-order valence-electron chi connectivity index (χ1n) is 7.27. The van der Waals surface area contributed by atoms with Crippen LogP contribution in [0, 0.1) is 11.7 Å². The van der Waals surface area contributed by atoms with Crippen molar-refractivity contribution in [2.75, 3.05) is 18.5 Å². The van der Waals surface area contributed by atoms with Gasteiger partial charge in [-0.25, -0.2) is 4.39 Å². The number of rotatable bonds is 4. The lowest BCUT2D eigenvalue weighted by Gasteiger charge is -2.30. The molecule has 1 saturated carbocycles. The average molecular weight is 265 g/mol. The second kappa shape index (κ2) is 6.38. The summed E-state index contributed by atoms with van der Waals surface area (Å²) in [5.41, 5.74) is 1.24. The van der Waals surface area contributed by atoms with Crippen molar-refractivity contribution in [2.45, 2.75) is 45.1 Å². The van der Waals surface area contributed by atoms with Crippen molar-refractivity contribution in [3.8, 4) is 0 Å². The van der Waals surface area contributed by atoms with Gasteiger partial charge in [0.1, 0.15) is 5.82 Å². The van der Waals surface area contributed by atoms with Crippen LogP contribution in [0.1, 0.15) is 50.7 Å². The van der Waals surface area contributed by atoms with Gasteiger partial charge in [0.15, 0.2) is 0 Å². The van der Waals surface area contributed by atoms with Crippen molar-refractivity contribution in [3.05, 3.63) is 29.6 Å². The third-order valence-corrected chi connectivity index (χ3v) is 4.11. The number of aliphatic hydroxyl groups excluding tert-OH is 1. The fraction of sp³-hybridized carbons (Fsp3) is 0.625. The van der Waals surface area contributed by atoms with E-state index in [4.69, 9.17) is 0 Å². The molecule has 0 bridgehead atoms. The van der Waals surface area contributed by atoms with Gasteiger partial charge in [-0.05, 0) is 31.7 Å². The molecule has 1 fully saturated rings. The molecule has 1 aromatic rings. The van der Waals surface area contributed by atoms with Crippen LogP contribution in [0.4, 0.5) is 10.1 Å². The van der Waals surface area contributed by atoms with Crippen LogP contribution in [-0.2, 0) is 0 Å². The Hall–Kier alpha value is -1.09. The summed E-state index contributed by atoms with van der Waals surface area (Å²) in [5.74, 6) is 0.414.